The summed E-state index contributed by atoms with van der Waals surface area (Å²) in [5, 5.41) is 2.05. The van der Waals surface area contributed by atoms with Crippen molar-refractivity contribution in [2.75, 3.05) is 4.90 Å². The minimum Gasteiger partial charge on any atom is -0.455 e. The van der Waals surface area contributed by atoms with Crippen LogP contribution < -0.4 is 4.90 Å². The Labute approximate surface area is 364 Å². The standard InChI is InChI=1S/C58H36N4O/c1-4-17-37(18-5-1)55-59-56(38-19-6-2-7-20-38)61-57(60-55)45-25-16-24-44-46-35-39(32-34-53(46)63-54(44)45)40-31-33-43-42-23-10-11-26-47(42)58(50(43)36-40)48-27-12-14-29-51(48)62(41-21-8-3-9-22-41)52-30-15-13-28-49(52)58/h1-36H. The van der Waals surface area contributed by atoms with Crippen LogP contribution in [0.4, 0.5) is 17.1 Å². The number of fused-ring (bicyclic) bond motifs is 12. The zero-order chi connectivity index (χ0) is 41.5. The summed E-state index contributed by atoms with van der Waals surface area (Å²) in [6, 6.07) is 77.6. The van der Waals surface area contributed by atoms with Gasteiger partial charge in [0, 0.05) is 27.6 Å². The van der Waals surface area contributed by atoms with Crippen molar-refractivity contribution in [2.45, 2.75) is 5.41 Å². The van der Waals surface area contributed by atoms with Gasteiger partial charge in [-0.2, -0.15) is 0 Å². The highest BCUT2D eigenvalue weighted by Crippen LogP contribution is 2.63. The van der Waals surface area contributed by atoms with E-state index >= 15 is 0 Å². The number of para-hydroxylation sites is 4. The molecule has 13 rings (SSSR count). The molecule has 0 N–H and O–H groups in total. The third kappa shape index (κ3) is 5.27. The maximum Gasteiger partial charge on any atom is 0.167 e. The molecule has 1 spiro atoms. The first-order valence-corrected chi connectivity index (χ1v) is 21.4. The van der Waals surface area contributed by atoms with Crippen molar-refractivity contribution in [3.8, 4) is 56.4 Å². The zero-order valence-corrected chi connectivity index (χ0v) is 34.0. The maximum absolute atomic E-state index is 6.75. The summed E-state index contributed by atoms with van der Waals surface area (Å²) in [4.78, 5) is 17.4. The van der Waals surface area contributed by atoms with Crippen LogP contribution in [0.15, 0.2) is 223 Å². The van der Waals surface area contributed by atoms with E-state index in [2.05, 4.69) is 157 Å². The number of benzene rings is 9. The van der Waals surface area contributed by atoms with Crippen molar-refractivity contribution in [3.05, 3.63) is 241 Å². The Morgan fingerprint density at radius 1 is 0.349 bits per heavy atom. The molecular formula is C58H36N4O. The van der Waals surface area contributed by atoms with Gasteiger partial charge in [0.25, 0.3) is 0 Å². The third-order valence-corrected chi connectivity index (χ3v) is 12.9. The fourth-order valence-electron chi connectivity index (χ4n) is 10.2. The molecule has 63 heavy (non-hydrogen) atoms. The van der Waals surface area contributed by atoms with E-state index in [0.29, 0.717) is 17.5 Å². The monoisotopic (exact) mass is 804 g/mol. The lowest BCUT2D eigenvalue weighted by atomic mass is 9.64. The lowest BCUT2D eigenvalue weighted by molar-refractivity contribution is 0.669. The highest BCUT2D eigenvalue weighted by molar-refractivity contribution is 6.10. The van der Waals surface area contributed by atoms with Crippen LogP contribution in [-0.4, -0.2) is 15.0 Å². The van der Waals surface area contributed by atoms with Gasteiger partial charge in [-0.3, -0.25) is 0 Å². The minimum atomic E-state index is -0.538. The van der Waals surface area contributed by atoms with Crippen LogP contribution in [0.5, 0.6) is 0 Å². The van der Waals surface area contributed by atoms with Crippen molar-refractivity contribution in [1.82, 2.24) is 15.0 Å². The molecule has 5 nitrogen and oxygen atoms in total. The van der Waals surface area contributed by atoms with Crippen LogP contribution in [0.3, 0.4) is 0 Å². The Kier molecular flexibility index (Phi) is 7.75. The summed E-state index contributed by atoms with van der Waals surface area (Å²) >= 11 is 0. The molecule has 0 atom stereocenters. The van der Waals surface area contributed by atoms with Gasteiger partial charge in [0.15, 0.2) is 17.5 Å². The summed E-state index contributed by atoms with van der Waals surface area (Å²) < 4.78 is 6.75. The van der Waals surface area contributed by atoms with Crippen molar-refractivity contribution < 1.29 is 4.42 Å². The first-order chi connectivity index (χ1) is 31.2. The van der Waals surface area contributed by atoms with Crippen molar-refractivity contribution in [3.63, 3.8) is 0 Å². The second-order valence-corrected chi connectivity index (χ2v) is 16.3. The van der Waals surface area contributed by atoms with Crippen molar-refractivity contribution in [1.29, 1.82) is 0 Å². The molecule has 9 aromatic carbocycles. The normalized spacial score (nSPS) is 13.2. The Hall–Kier alpha value is -8.41. The molecule has 11 aromatic rings. The molecule has 294 valence electrons. The highest BCUT2D eigenvalue weighted by Gasteiger charge is 2.51. The number of furan rings is 1. The van der Waals surface area contributed by atoms with Crippen LogP contribution in [0.25, 0.3) is 78.4 Å². The first-order valence-electron chi connectivity index (χ1n) is 21.4. The summed E-state index contributed by atoms with van der Waals surface area (Å²) in [6.45, 7) is 0. The van der Waals surface area contributed by atoms with E-state index in [1.54, 1.807) is 0 Å². The number of anilines is 3. The summed E-state index contributed by atoms with van der Waals surface area (Å²) in [5.74, 6) is 1.79. The van der Waals surface area contributed by atoms with Crippen LogP contribution >= 0.6 is 0 Å². The van der Waals surface area contributed by atoms with E-state index in [9.17, 15) is 0 Å². The number of rotatable bonds is 5. The van der Waals surface area contributed by atoms with E-state index < -0.39 is 5.41 Å². The molecule has 0 radical (unpaired) electrons. The maximum atomic E-state index is 6.75. The van der Waals surface area contributed by atoms with E-state index in [1.807, 2.05) is 66.7 Å². The number of nitrogens with zero attached hydrogens (tertiary/aromatic N) is 4. The van der Waals surface area contributed by atoms with Crippen LogP contribution in [0, 0.1) is 0 Å². The molecule has 0 unspecified atom stereocenters. The molecule has 5 heteroatoms. The van der Waals surface area contributed by atoms with Gasteiger partial charge in [-0.25, -0.2) is 15.0 Å². The van der Waals surface area contributed by atoms with E-state index in [4.69, 9.17) is 19.4 Å². The Morgan fingerprint density at radius 3 is 1.56 bits per heavy atom. The van der Waals surface area contributed by atoms with Gasteiger partial charge in [-0.1, -0.05) is 170 Å². The Morgan fingerprint density at radius 2 is 0.873 bits per heavy atom. The lowest BCUT2D eigenvalue weighted by Gasteiger charge is -2.45. The second kappa shape index (κ2) is 13.8. The largest absolute Gasteiger partial charge is 0.455 e. The van der Waals surface area contributed by atoms with E-state index in [1.165, 1.54) is 44.8 Å². The van der Waals surface area contributed by atoms with Gasteiger partial charge in [0.2, 0.25) is 0 Å². The Bertz CT molecular complexity index is 3480. The predicted molar refractivity (Wildman–Crippen MR) is 254 cm³/mol. The molecular weight excluding hydrogens is 769 g/mol. The van der Waals surface area contributed by atoms with Crippen LogP contribution in [0.2, 0.25) is 0 Å². The molecule has 2 aromatic heterocycles. The van der Waals surface area contributed by atoms with E-state index in [-0.39, 0.29) is 0 Å². The van der Waals surface area contributed by atoms with Crippen molar-refractivity contribution >= 4 is 39.0 Å². The Balaban J connectivity index is 0.986. The van der Waals surface area contributed by atoms with Crippen LogP contribution in [0.1, 0.15) is 22.3 Å². The molecule has 0 saturated heterocycles. The fourth-order valence-corrected chi connectivity index (χ4v) is 10.2. The average Bonchev–Trinajstić information content (AvgIpc) is 3.88. The topological polar surface area (TPSA) is 55.1 Å². The number of hydrogen-bond donors (Lipinski definition) is 0. The molecule has 0 fully saturated rings. The molecule has 2 aliphatic rings. The lowest BCUT2D eigenvalue weighted by Crippen LogP contribution is -2.36. The molecule has 3 heterocycles. The molecule has 1 aliphatic heterocycles. The quantitative estimate of drug-likeness (QED) is 0.173. The molecule has 0 saturated carbocycles. The van der Waals surface area contributed by atoms with Crippen molar-refractivity contribution in [2.24, 2.45) is 0 Å². The highest BCUT2D eigenvalue weighted by atomic mass is 16.3. The SMILES string of the molecule is c1ccc(-c2nc(-c3ccccc3)nc(-c3cccc4c3oc3ccc(-c5ccc6c(c5)C5(c7ccccc7-6)c6ccccc6N(c6ccccc6)c6ccccc65)cc34)n2)cc1. The molecule has 0 bridgehead atoms. The summed E-state index contributed by atoms with van der Waals surface area (Å²) in [7, 11) is 0. The zero-order valence-electron chi connectivity index (χ0n) is 34.0. The van der Waals surface area contributed by atoms with Gasteiger partial charge in [0.05, 0.1) is 22.4 Å². The van der Waals surface area contributed by atoms with E-state index in [0.717, 1.165) is 55.4 Å². The van der Waals surface area contributed by atoms with Gasteiger partial charge >= 0.3 is 0 Å². The first kappa shape index (κ1) is 35.4. The van der Waals surface area contributed by atoms with Gasteiger partial charge in [-0.05, 0) is 93.0 Å². The third-order valence-electron chi connectivity index (χ3n) is 12.9. The van der Waals surface area contributed by atoms with Gasteiger partial charge in [0.1, 0.15) is 11.2 Å². The molecule has 0 amide bonds. The second-order valence-electron chi connectivity index (χ2n) is 16.3. The predicted octanol–water partition coefficient (Wildman–Crippen LogP) is 14.6. The van der Waals surface area contributed by atoms with Gasteiger partial charge < -0.3 is 9.32 Å². The minimum absolute atomic E-state index is 0.538. The van der Waals surface area contributed by atoms with Gasteiger partial charge in [-0.15, -0.1) is 0 Å². The molecule has 1 aliphatic carbocycles. The van der Waals surface area contributed by atoms with Crippen LogP contribution in [-0.2, 0) is 5.41 Å². The summed E-state index contributed by atoms with van der Waals surface area (Å²) in [5.41, 5.74) is 17.1. The number of aromatic nitrogens is 3. The fraction of sp³-hybridized carbons (Fsp3) is 0.0172. The summed E-state index contributed by atoms with van der Waals surface area (Å²) in [6.07, 6.45) is 0. The number of hydrogen-bond acceptors (Lipinski definition) is 5. The average molecular weight is 805 g/mol. The smallest absolute Gasteiger partial charge is 0.167 e.